The fourth-order valence-electron chi connectivity index (χ4n) is 3.55. The first-order valence-corrected chi connectivity index (χ1v) is 15.6. The molecule has 4 aromatic rings. The monoisotopic (exact) mass is 577 g/mol. The van der Waals surface area contributed by atoms with Gasteiger partial charge in [0.2, 0.25) is 0 Å². The molecule has 0 aliphatic carbocycles. The summed E-state index contributed by atoms with van der Waals surface area (Å²) in [5.41, 5.74) is 1.16. The lowest BCUT2D eigenvalue weighted by Gasteiger charge is -2.08. The number of nitrogens with one attached hydrogen (secondary N) is 1. The number of benzene rings is 3. The van der Waals surface area contributed by atoms with Crippen LogP contribution in [-0.4, -0.2) is 46.8 Å². The number of nitrogens with zero attached hydrogens (tertiary/aromatic N) is 2. The Bertz CT molecular complexity index is 1760. The van der Waals surface area contributed by atoms with Crippen LogP contribution in [0.15, 0.2) is 81.5 Å². The molecule has 1 amide bonds. The van der Waals surface area contributed by atoms with Crippen LogP contribution < -0.4 is 9.52 Å². The third kappa shape index (κ3) is 6.35. The minimum Gasteiger partial charge on any atom is -0.380 e. The van der Waals surface area contributed by atoms with Gasteiger partial charge in [0.25, 0.3) is 15.9 Å². The average molecular weight is 578 g/mol. The van der Waals surface area contributed by atoms with E-state index in [2.05, 4.69) is 9.71 Å². The lowest BCUT2D eigenvalue weighted by atomic mass is 10.2. The SMILES string of the molecule is CCOCCn1c(=NC(=O)c2ccc(NS(=O)(=O)c3ccc(F)cc3)cc2)sc2cc(S(C)(=O)=O)ccc21. The first kappa shape index (κ1) is 27.6. The van der Waals surface area contributed by atoms with Gasteiger partial charge in [-0.2, -0.15) is 4.99 Å². The minimum atomic E-state index is -3.94. The van der Waals surface area contributed by atoms with Gasteiger partial charge in [0.15, 0.2) is 14.6 Å². The fourth-order valence-corrected chi connectivity index (χ4v) is 6.42. The van der Waals surface area contributed by atoms with E-state index in [9.17, 15) is 26.0 Å². The van der Waals surface area contributed by atoms with Crippen molar-refractivity contribution in [1.82, 2.24) is 4.57 Å². The summed E-state index contributed by atoms with van der Waals surface area (Å²) in [4.78, 5) is 17.7. The molecule has 0 saturated carbocycles. The molecule has 0 aliphatic rings. The molecule has 1 N–H and O–H groups in total. The quantitative estimate of drug-likeness (QED) is 0.302. The number of ether oxygens (including phenoxy) is 1. The zero-order chi connectivity index (χ0) is 27.5. The summed E-state index contributed by atoms with van der Waals surface area (Å²) in [5, 5.41) is 0. The number of halogens is 1. The van der Waals surface area contributed by atoms with Gasteiger partial charge in [-0.25, -0.2) is 21.2 Å². The van der Waals surface area contributed by atoms with Gasteiger partial charge in [0.1, 0.15) is 5.82 Å². The molecular weight excluding hydrogens is 553 g/mol. The van der Waals surface area contributed by atoms with Crippen LogP contribution in [0, 0.1) is 5.82 Å². The standard InChI is InChI=1S/C25H24FN3O6S3/c1-3-35-15-14-29-22-13-12-21(37(2,31)32)16-23(22)36-25(29)27-24(30)17-4-8-19(9-5-17)28-38(33,34)20-10-6-18(26)7-11-20/h4-13,16,28H,3,14-15H2,1-2H3. The van der Waals surface area contributed by atoms with E-state index in [-0.39, 0.29) is 21.0 Å². The maximum atomic E-state index is 13.1. The van der Waals surface area contributed by atoms with Gasteiger partial charge in [-0.1, -0.05) is 11.3 Å². The molecule has 1 heterocycles. The summed E-state index contributed by atoms with van der Waals surface area (Å²) < 4.78 is 72.4. The number of anilines is 1. The van der Waals surface area contributed by atoms with E-state index in [0.717, 1.165) is 36.0 Å². The smallest absolute Gasteiger partial charge is 0.279 e. The number of rotatable bonds is 9. The molecule has 0 atom stereocenters. The van der Waals surface area contributed by atoms with Gasteiger partial charge in [-0.05, 0) is 73.7 Å². The molecule has 0 unspecified atom stereocenters. The second kappa shape index (κ2) is 11.2. The Morgan fingerprint density at radius 2 is 1.66 bits per heavy atom. The zero-order valence-electron chi connectivity index (χ0n) is 20.4. The topological polar surface area (TPSA) is 124 Å². The van der Waals surface area contributed by atoms with Gasteiger partial charge in [-0.3, -0.25) is 9.52 Å². The molecule has 200 valence electrons. The van der Waals surface area contributed by atoms with Crippen molar-refractivity contribution >= 4 is 53.0 Å². The Kier molecular flexibility index (Phi) is 8.11. The highest BCUT2D eigenvalue weighted by Gasteiger charge is 2.16. The molecule has 1 aromatic heterocycles. The number of sulfone groups is 1. The summed E-state index contributed by atoms with van der Waals surface area (Å²) in [6.45, 7) is 3.17. The Morgan fingerprint density at radius 3 is 2.29 bits per heavy atom. The van der Waals surface area contributed by atoms with Gasteiger partial charge >= 0.3 is 0 Å². The highest BCUT2D eigenvalue weighted by atomic mass is 32.2. The number of carbonyl (C=O) groups excluding carboxylic acids is 1. The molecule has 3 aromatic carbocycles. The van der Waals surface area contributed by atoms with Crippen LogP contribution >= 0.6 is 11.3 Å². The van der Waals surface area contributed by atoms with E-state index in [1.807, 2.05) is 6.92 Å². The van der Waals surface area contributed by atoms with E-state index in [0.29, 0.717) is 29.3 Å². The minimum absolute atomic E-state index is 0.102. The van der Waals surface area contributed by atoms with E-state index in [1.165, 1.54) is 41.7 Å². The molecule has 9 nitrogen and oxygen atoms in total. The van der Waals surface area contributed by atoms with E-state index in [1.54, 1.807) is 16.7 Å². The molecule has 4 rings (SSSR count). The highest BCUT2D eigenvalue weighted by molar-refractivity contribution is 7.92. The van der Waals surface area contributed by atoms with E-state index < -0.39 is 31.6 Å². The number of hydrogen-bond acceptors (Lipinski definition) is 7. The summed E-state index contributed by atoms with van der Waals surface area (Å²) in [6, 6.07) is 14.9. The predicted octanol–water partition coefficient (Wildman–Crippen LogP) is 3.82. The van der Waals surface area contributed by atoms with Crippen molar-refractivity contribution in [3.8, 4) is 0 Å². The van der Waals surface area contributed by atoms with Gasteiger partial charge in [-0.15, -0.1) is 0 Å². The van der Waals surface area contributed by atoms with Crippen molar-refractivity contribution in [2.24, 2.45) is 4.99 Å². The third-order valence-electron chi connectivity index (χ3n) is 5.45. The van der Waals surface area contributed by atoms with Crippen molar-refractivity contribution < 1.29 is 30.8 Å². The largest absolute Gasteiger partial charge is 0.380 e. The fraction of sp³-hybridized carbons (Fsp3) is 0.200. The molecule has 13 heteroatoms. The van der Waals surface area contributed by atoms with Crippen LogP contribution in [0.25, 0.3) is 10.2 Å². The molecule has 38 heavy (non-hydrogen) atoms. The second-order valence-electron chi connectivity index (χ2n) is 8.19. The van der Waals surface area contributed by atoms with Crippen LogP contribution in [-0.2, 0) is 31.1 Å². The number of hydrogen-bond donors (Lipinski definition) is 1. The number of aromatic nitrogens is 1. The Hall–Kier alpha value is -3.39. The summed E-state index contributed by atoms with van der Waals surface area (Å²) in [7, 11) is -7.35. The normalized spacial score (nSPS) is 12.7. The van der Waals surface area contributed by atoms with Crippen molar-refractivity contribution in [1.29, 1.82) is 0 Å². The zero-order valence-corrected chi connectivity index (χ0v) is 22.9. The van der Waals surface area contributed by atoms with Gasteiger partial charge < -0.3 is 9.30 Å². The lowest BCUT2D eigenvalue weighted by Crippen LogP contribution is -2.19. The van der Waals surface area contributed by atoms with Crippen LogP contribution in [0.5, 0.6) is 0 Å². The Labute approximate surface area is 223 Å². The molecule has 0 saturated heterocycles. The molecule has 0 spiro atoms. The number of sulfonamides is 1. The molecule has 0 fully saturated rings. The lowest BCUT2D eigenvalue weighted by molar-refractivity contribution is 0.0996. The number of amides is 1. The van der Waals surface area contributed by atoms with E-state index >= 15 is 0 Å². The van der Waals surface area contributed by atoms with Crippen LogP contribution in [0.3, 0.4) is 0 Å². The Balaban J connectivity index is 1.63. The molecular formula is C25H24FN3O6S3. The number of thiazole rings is 1. The summed E-state index contributed by atoms with van der Waals surface area (Å²) >= 11 is 1.18. The van der Waals surface area contributed by atoms with Gasteiger partial charge in [0, 0.05) is 30.7 Å². The van der Waals surface area contributed by atoms with Crippen LogP contribution in [0.2, 0.25) is 0 Å². The van der Waals surface area contributed by atoms with Crippen molar-refractivity contribution in [2.75, 3.05) is 24.2 Å². The third-order valence-corrected chi connectivity index (χ3v) is 9.00. The second-order valence-corrected chi connectivity index (χ2v) is 12.9. The van der Waals surface area contributed by atoms with Crippen molar-refractivity contribution in [3.63, 3.8) is 0 Å². The maximum Gasteiger partial charge on any atom is 0.279 e. The van der Waals surface area contributed by atoms with Crippen molar-refractivity contribution in [3.05, 3.63) is 82.9 Å². The average Bonchev–Trinajstić information content (AvgIpc) is 3.20. The van der Waals surface area contributed by atoms with Crippen molar-refractivity contribution in [2.45, 2.75) is 23.3 Å². The summed E-state index contributed by atoms with van der Waals surface area (Å²) in [5.74, 6) is -1.11. The highest BCUT2D eigenvalue weighted by Crippen LogP contribution is 2.22. The van der Waals surface area contributed by atoms with Gasteiger partial charge in [0.05, 0.1) is 26.6 Å². The molecule has 0 aliphatic heterocycles. The molecule has 0 radical (unpaired) electrons. The molecule has 0 bridgehead atoms. The first-order valence-electron chi connectivity index (χ1n) is 11.4. The maximum absolute atomic E-state index is 13.1. The Morgan fingerprint density at radius 1 is 1.00 bits per heavy atom. The number of carbonyl (C=O) groups is 1. The van der Waals surface area contributed by atoms with Crippen LogP contribution in [0.4, 0.5) is 10.1 Å². The first-order chi connectivity index (χ1) is 18.0. The number of fused-ring (bicyclic) bond motifs is 1. The predicted molar refractivity (Wildman–Crippen MR) is 143 cm³/mol. The van der Waals surface area contributed by atoms with E-state index in [4.69, 9.17) is 4.74 Å². The summed E-state index contributed by atoms with van der Waals surface area (Å²) in [6.07, 6.45) is 1.13. The van der Waals surface area contributed by atoms with Crippen LogP contribution in [0.1, 0.15) is 17.3 Å².